The summed E-state index contributed by atoms with van der Waals surface area (Å²) in [7, 11) is -7.05. The number of anilines is 2. The van der Waals surface area contributed by atoms with Crippen LogP contribution in [0, 0.1) is 0 Å². The Balaban J connectivity index is 2.49. The van der Waals surface area contributed by atoms with Crippen LogP contribution in [0.25, 0.3) is 0 Å². The largest absolute Gasteiger partial charge is 0.354 e. The Kier molecular flexibility index (Phi) is 4.81. The fourth-order valence-corrected chi connectivity index (χ4v) is 3.70. The molecule has 0 fully saturated rings. The lowest BCUT2D eigenvalue weighted by atomic mass is 10.1. The summed E-state index contributed by atoms with van der Waals surface area (Å²) in [6, 6.07) is 11.7. The Morgan fingerprint density at radius 3 is 1.96 bits per heavy atom. The van der Waals surface area contributed by atoms with E-state index in [0.717, 1.165) is 24.6 Å². The van der Waals surface area contributed by atoms with E-state index in [4.69, 9.17) is 0 Å². The van der Waals surface area contributed by atoms with Gasteiger partial charge in [0.15, 0.2) is 19.7 Å². The quantitative estimate of drug-likeness (QED) is 0.894. The van der Waals surface area contributed by atoms with Gasteiger partial charge in [0.1, 0.15) is 0 Å². The molecule has 2 rings (SSSR count). The summed E-state index contributed by atoms with van der Waals surface area (Å²) in [6.45, 7) is 2.05. The smallest absolute Gasteiger partial charge is 0.177 e. The van der Waals surface area contributed by atoms with Crippen LogP contribution in [-0.4, -0.2) is 29.3 Å². The van der Waals surface area contributed by atoms with E-state index in [1.54, 1.807) is 0 Å². The summed E-state index contributed by atoms with van der Waals surface area (Å²) in [5, 5.41) is 3.04. The molecule has 2 aromatic carbocycles. The van der Waals surface area contributed by atoms with Gasteiger partial charge in [-0.3, -0.25) is 0 Å². The average molecular weight is 353 g/mol. The molecule has 1 N–H and O–H groups in total. The third-order valence-electron chi connectivity index (χ3n) is 3.42. The second-order valence-electron chi connectivity index (χ2n) is 5.38. The number of sulfone groups is 2. The lowest BCUT2D eigenvalue weighted by Crippen LogP contribution is -2.06. The highest BCUT2D eigenvalue weighted by Gasteiger charge is 2.18. The molecule has 124 valence electrons. The molecule has 7 heteroatoms. The fourth-order valence-electron chi connectivity index (χ4n) is 2.12. The summed E-state index contributed by atoms with van der Waals surface area (Å²) < 4.78 is 47.3. The van der Waals surface area contributed by atoms with E-state index in [-0.39, 0.29) is 9.79 Å². The van der Waals surface area contributed by atoms with Gasteiger partial charge in [-0.05, 0) is 42.3 Å². The Labute approximate surface area is 137 Å². The molecule has 0 atom stereocenters. The molecule has 5 nitrogen and oxygen atoms in total. The Hall–Kier alpha value is -1.86. The van der Waals surface area contributed by atoms with Crippen molar-refractivity contribution in [1.82, 2.24) is 0 Å². The topological polar surface area (TPSA) is 80.3 Å². The van der Waals surface area contributed by atoms with Gasteiger partial charge in [0.25, 0.3) is 0 Å². The van der Waals surface area contributed by atoms with E-state index in [9.17, 15) is 16.8 Å². The van der Waals surface area contributed by atoms with Crippen molar-refractivity contribution in [3.8, 4) is 0 Å². The predicted octanol–water partition coefficient (Wildman–Crippen LogP) is 2.80. The number of nitrogens with one attached hydrogen (secondary N) is 1. The summed E-state index contributed by atoms with van der Waals surface area (Å²) >= 11 is 0. The third kappa shape index (κ3) is 4.33. The summed E-state index contributed by atoms with van der Waals surface area (Å²) in [6.07, 6.45) is 3.02. The minimum Gasteiger partial charge on any atom is -0.354 e. The van der Waals surface area contributed by atoms with Gasteiger partial charge in [-0.15, -0.1) is 0 Å². The fraction of sp³-hybridized carbons (Fsp3) is 0.250. The van der Waals surface area contributed by atoms with Gasteiger partial charge in [-0.25, -0.2) is 16.8 Å². The molecule has 23 heavy (non-hydrogen) atoms. The molecule has 0 amide bonds. The zero-order valence-corrected chi connectivity index (χ0v) is 14.8. The van der Waals surface area contributed by atoms with Gasteiger partial charge < -0.3 is 5.32 Å². The SMILES string of the molecule is CCc1ccc(Nc2ccc(S(C)(=O)=O)cc2S(C)(=O)=O)cc1. The average Bonchev–Trinajstić information content (AvgIpc) is 2.46. The highest BCUT2D eigenvalue weighted by atomic mass is 32.2. The van der Waals surface area contributed by atoms with Gasteiger partial charge in [0.05, 0.1) is 15.5 Å². The number of hydrogen-bond donors (Lipinski definition) is 1. The van der Waals surface area contributed by atoms with Gasteiger partial charge >= 0.3 is 0 Å². The van der Waals surface area contributed by atoms with Crippen molar-refractivity contribution in [2.24, 2.45) is 0 Å². The first-order chi connectivity index (χ1) is 10.6. The van der Waals surface area contributed by atoms with Crippen LogP contribution in [-0.2, 0) is 26.1 Å². The van der Waals surface area contributed by atoms with Crippen molar-refractivity contribution in [3.05, 3.63) is 48.0 Å². The van der Waals surface area contributed by atoms with Crippen molar-refractivity contribution in [1.29, 1.82) is 0 Å². The van der Waals surface area contributed by atoms with Crippen LogP contribution < -0.4 is 5.32 Å². The summed E-state index contributed by atoms with van der Waals surface area (Å²) in [5.41, 5.74) is 2.26. The van der Waals surface area contributed by atoms with Crippen LogP contribution in [0.4, 0.5) is 11.4 Å². The van der Waals surface area contributed by atoms with Crippen molar-refractivity contribution in [2.45, 2.75) is 23.1 Å². The molecule has 0 aliphatic carbocycles. The van der Waals surface area contributed by atoms with E-state index in [0.29, 0.717) is 5.69 Å². The Bertz CT molecular complexity index is 915. The lowest BCUT2D eigenvalue weighted by Gasteiger charge is -2.12. The molecule has 0 heterocycles. The summed E-state index contributed by atoms with van der Waals surface area (Å²) in [5.74, 6) is 0. The van der Waals surface area contributed by atoms with Crippen molar-refractivity contribution in [3.63, 3.8) is 0 Å². The maximum absolute atomic E-state index is 12.0. The number of rotatable bonds is 5. The second-order valence-corrected chi connectivity index (χ2v) is 9.38. The number of benzene rings is 2. The Morgan fingerprint density at radius 2 is 1.48 bits per heavy atom. The van der Waals surface area contributed by atoms with Gasteiger partial charge in [0, 0.05) is 18.2 Å². The zero-order chi connectivity index (χ0) is 17.3. The van der Waals surface area contributed by atoms with Crippen molar-refractivity contribution in [2.75, 3.05) is 17.8 Å². The minimum absolute atomic E-state index is 0.0233. The first-order valence-electron chi connectivity index (χ1n) is 7.01. The molecule has 0 saturated heterocycles. The maximum atomic E-state index is 12.0. The standard InChI is InChI=1S/C16H19NO4S2/c1-4-12-5-7-13(8-6-12)17-15-10-9-14(22(2,18)19)11-16(15)23(3,20)21/h5-11,17H,4H2,1-3H3. The first kappa shape index (κ1) is 17.5. The first-order valence-corrected chi connectivity index (χ1v) is 10.8. The molecule has 0 unspecified atom stereocenters. The number of aryl methyl sites for hydroxylation is 1. The van der Waals surface area contributed by atoms with E-state index >= 15 is 0 Å². The Morgan fingerprint density at radius 1 is 0.870 bits per heavy atom. The van der Waals surface area contributed by atoms with E-state index in [1.165, 1.54) is 23.8 Å². The summed E-state index contributed by atoms with van der Waals surface area (Å²) in [4.78, 5) is -0.0650. The highest BCUT2D eigenvalue weighted by molar-refractivity contribution is 7.91. The van der Waals surface area contributed by atoms with Crippen LogP contribution in [0.1, 0.15) is 12.5 Å². The molecule has 0 aromatic heterocycles. The number of hydrogen-bond acceptors (Lipinski definition) is 5. The van der Waals surface area contributed by atoms with Gasteiger partial charge in [0.2, 0.25) is 0 Å². The zero-order valence-electron chi connectivity index (χ0n) is 13.2. The molecule has 0 bridgehead atoms. The van der Waals surface area contributed by atoms with Crippen LogP contribution in [0.5, 0.6) is 0 Å². The molecule has 0 aliphatic heterocycles. The maximum Gasteiger partial charge on any atom is 0.177 e. The minimum atomic E-state index is -3.58. The lowest BCUT2D eigenvalue weighted by molar-refractivity contribution is 0.600. The molecule has 0 spiro atoms. The highest BCUT2D eigenvalue weighted by Crippen LogP contribution is 2.28. The second kappa shape index (κ2) is 6.33. The van der Waals surface area contributed by atoms with Crippen molar-refractivity contribution < 1.29 is 16.8 Å². The molecule has 0 saturated carbocycles. The van der Waals surface area contributed by atoms with E-state index in [2.05, 4.69) is 5.32 Å². The molecule has 2 aromatic rings. The molecular weight excluding hydrogens is 334 g/mol. The monoisotopic (exact) mass is 353 g/mol. The van der Waals surface area contributed by atoms with Crippen molar-refractivity contribution >= 4 is 31.0 Å². The van der Waals surface area contributed by atoms with Gasteiger partial charge in [-0.1, -0.05) is 19.1 Å². The van der Waals surface area contributed by atoms with E-state index < -0.39 is 19.7 Å². The third-order valence-corrected chi connectivity index (χ3v) is 5.67. The van der Waals surface area contributed by atoms with Crippen LogP contribution >= 0.6 is 0 Å². The predicted molar refractivity (Wildman–Crippen MR) is 91.8 cm³/mol. The van der Waals surface area contributed by atoms with Crippen LogP contribution in [0.2, 0.25) is 0 Å². The molecule has 0 aliphatic rings. The van der Waals surface area contributed by atoms with E-state index in [1.807, 2.05) is 31.2 Å². The van der Waals surface area contributed by atoms with Gasteiger partial charge in [-0.2, -0.15) is 0 Å². The van der Waals surface area contributed by atoms with Crippen LogP contribution in [0.3, 0.4) is 0 Å². The normalized spacial score (nSPS) is 12.1. The molecule has 0 radical (unpaired) electrons. The van der Waals surface area contributed by atoms with Crippen LogP contribution in [0.15, 0.2) is 52.3 Å². The molecular formula is C16H19NO4S2.